The Balaban J connectivity index is 1.88. The van der Waals surface area contributed by atoms with Crippen LogP contribution in [-0.2, 0) is 4.79 Å². The van der Waals surface area contributed by atoms with Gasteiger partial charge in [0, 0.05) is 6.54 Å². The second-order valence-corrected chi connectivity index (χ2v) is 5.64. The van der Waals surface area contributed by atoms with E-state index in [1.54, 1.807) is 0 Å². The summed E-state index contributed by atoms with van der Waals surface area (Å²) in [5.74, 6) is 1.89. The molecule has 0 aromatic heterocycles. The van der Waals surface area contributed by atoms with Gasteiger partial charge in [-0.15, -0.1) is 0 Å². The number of hydrogen-bond donors (Lipinski definition) is 1. The van der Waals surface area contributed by atoms with E-state index >= 15 is 0 Å². The van der Waals surface area contributed by atoms with Crippen molar-refractivity contribution in [2.45, 2.75) is 45.8 Å². The molecular weight excluding hydrogens is 254 g/mol. The van der Waals surface area contributed by atoms with Gasteiger partial charge < -0.3 is 14.8 Å². The van der Waals surface area contributed by atoms with Crippen LogP contribution < -0.4 is 14.8 Å². The van der Waals surface area contributed by atoms with Crippen LogP contribution in [0.3, 0.4) is 0 Å². The Hall–Kier alpha value is -1.71. The Labute approximate surface area is 120 Å². The molecule has 0 saturated carbocycles. The molecule has 1 amide bonds. The maximum Gasteiger partial charge on any atom is 0.265 e. The average molecular weight is 277 g/mol. The smallest absolute Gasteiger partial charge is 0.265 e. The van der Waals surface area contributed by atoms with Crippen LogP contribution in [-0.4, -0.2) is 24.7 Å². The van der Waals surface area contributed by atoms with Crippen molar-refractivity contribution in [3.63, 3.8) is 0 Å². The van der Waals surface area contributed by atoms with E-state index in [2.05, 4.69) is 19.2 Å². The Morgan fingerprint density at radius 3 is 2.55 bits per heavy atom. The molecule has 1 aliphatic heterocycles. The Kier molecular flexibility index (Phi) is 4.88. The summed E-state index contributed by atoms with van der Waals surface area (Å²) < 4.78 is 11.5. The monoisotopic (exact) mass is 277 g/mol. The number of amides is 1. The molecule has 0 fully saturated rings. The zero-order valence-electron chi connectivity index (χ0n) is 12.4. The number of nitrogens with one attached hydrogen (secondary N) is 1. The van der Waals surface area contributed by atoms with Crippen molar-refractivity contribution in [2.24, 2.45) is 5.92 Å². The van der Waals surface area contributed by atoms with Crippen LogP contribution in [0.15, 0.2) is 24.3 Å². The van der Waals surface area contributed by atoms with E-state index in [4.69, 9.17) is 9.47 Å². The standard InChI is InChI=1S/C16H23NO3/c1-11(2)7-6-10-17-16(18)15-12(3)19-13-8-4-5-9-14(13)20-15/h4-5,8-9,11-12,15H,6-7,10H2,1-3H3,(H,17,18)/t12-,15+/m1/s1. The van der Waals surface area contributed by atoms with Gasteiger partial charge in [-0.2, -0.15) is 0 Å². The zero-order chi connectivity index (χ0) is 14.5. The van der Waals surface area contributed by atoms with Crippen molar-refractivity contribution in [2.75, 3.05) is 6.54 Å². The average Bonchev–Trinajstić information content (AvgIpc) is 2.42. The lowest BCUT2D eigenvalue weighted by Crippen LogP contribution is -2.49. The molecule has 1 aromatic carbocycles. The summed E-state index contributed by atoms with van der Waals surface area (Å²) in [5, 5.41) is 2.93. The molecule has 4 nitrogen and oxygen atoms in total. The van der Waals surface area contributed by atoms with E-state index in [0.717, 1.165) is 12.8 Å². The molecule has 0 radical (unpaired) electrons. The summed E-state index contributed by atoms with van der Waals surface area (Å²) in [6.45, 7) is 6.90. The molecule has 20 heavy (non-hydrogen) atoms. The zero-order valence-corrected chi connectivity index (χ0v) is 12.4. The molecule has 0 saturated heterocycles. The third-order valence-corrected chi connectivity index (χ3v) is 3.36. The number of hydrogen-bond acceptors (Lipinski definition) is 3. The lowest BCUT2D eigenvalue weighted by molar-refractivity contribution is -0.133. The van der Waals surface area contributed by atoms with Crippen LogP contribution >= 0.6 is 0 Å². The van der Waals surface area contributed by atoms with Gasteiger partial charge in [0.1, 0.15) is 6.10 Å². The fourth-order valence-corrected chi connectivity index (χ4v) is 2.23. The molecule has 1 aromatic rings. The summed E-state index contributed by atoms with van der Waals surface area (Å²) in [4.78, 5) is 12.1. The quantitative estimate of drug-likeness (QED) is 0.842. The number of para-hydroxylation sites is 2. The summed E-state index contributed by atoms with van der Waals surface area (Å²) in [5.41, 5.74) is 0. The van der Waals surface area contributed by atoms with Crippen LogP contribution in [0, 0.1) is 5.92 Å². The van der Waals surface area contributed by atoms with Crippen LogP contribution in [0.5, 0.6) is 11.5 Å². The maximum absolute atomic E-state index is 12.1. The van der Waals surface area contributed by atoms with Crippen molar-refractivity contribution in [1.82, 2.24) is 5.32 Å². The van der Waals surface area contributed by atoms with Crippen LogP contribution in [0.25, 0.3) is 0 Å². The highest BCUT2D eigenvalue weighted by atomic mass is 16.6. The fraction of sp³-hybridized carbons (Fsp3) is 0.562. The van der Waals surface area contributed by atoms with Crippen molar-refractivity contribution in [3.05, 3.63) is 24.3 Å². The molecule has 0 spiro atoms. The molecule has 1 heterocycles. The third kappa shape index (κ3) is 3.65. The number of ether oxygens (including phenoxy) is 2. The number of rotatable bonds is 5. The molecule has 0 aliphatic carbocycles. The summed E-state index contributed by atoms with van der Waals surface area (Å²) >= 11 is 0. The number of fused-ring (bicyclic) bond motifs is 1. The van der Waals surface area contributed by atoms with Crippen LogP contribution in [0.4, 0.5) is 0 Å². The van der Waals surface area contributed by atoms with Gasteiger partial charge in [-0.1, -0.05) is 26.0 Å². The highest BCUT2D eigenvalue weighted by Crippen LogP contribution is 2.33. The summed E-state index contributed by atoms with van der Waals surface area (Å²) in [6, 6.07) is 7.43. The predicted molar refractivity (Wildman–Crippen MR) is 78.0 cm³/mol. The van der Waals surface area contributed by atoms with Gasteiger partial charge in [0.25, 0.3) is 5.91 Å². The highest BCUT2D eigenvalue weighted by Gasteiger charge is 2.33. The van der Waals surface area contributed by atoms with Crippen LogP contribution in [0.1, 0.15) is 33.6 Å². The van der Waals surface area contributed by atoms with E-state index in [9.17, 15) is 4.79 Å². The second-order valence-electron chi connectivity index (χ2n) is 5.64. The SMILES string of the molecule is CC(C)CCCNC(=O)[C@H]1Oc2ccccc2O[C@@H]1C. The lowest BCUT2D eigenvalue weighted by atomic mass is 10.1. The Morgan fingerprint density at radius 1 is 1.25 bits per heavy atom. The molecule has 4 heteroatoms. The minimum Gasteiger partial charge on any atom is -0.482 e. The molecule has 0 bridgehead atoms. The Bertz CT molecular complexity index is 459. The van der Waals surface area contributed by atoms with Crippen molar-refractivity contribution >= 4 is 5.91 Å². The van der Waals surface area contributed by atoms with E-state index in [0.29, 0.717) is 24.0 Å². The minimum absolute atomic E-state index is 0.101. The molecule has 110 valence electrons. The molecular formula is C16H23NO3. The first-order valence-electron chi connectivity index (χ1n) is 7.28. The number of benzene rings is 1. The minimum atomic E-state index is -0.580. The summed E-state index contributed by atoms with van der Waals surface area (Å²) in [7, 11) is 0. The van der Waals surface area contributed by atoms with Crippen LogP contribution in [0.2, 0.25) is 0 Å². The van der Waals surface area contributed by atoms with Gasteiger partial charge in [0.15, 0.2) is 11.5 Å². The third-order valence-electron chi connectivity index (χ3n) is 3.36. The van der Waals surface area contributed by atoms with E-state index in [1.165, 1.54) is 0 Å². The van der Waals surface area contributed by atoms with E-state index < -0.39 is 6.10 Å². The van der Waals surface area contributed by atoms with E-state index in [-0.39, 0.29) is 12.0 Å². The van der Waals surface area contributed by atoms with Crippen molar-refractivity contribution < 1.29 is 14.3 Å². The first kappa shape index (κ1) is 14.7. The Morgan fingerprint density at radius 2 is 1.90 bits per heavy atom. The first-order chi connectivity index (χ1) is 9.58. The van der Waals surface area contributed by atoms with Crippen molar-refractivity contribution in [1.29, 1.82) is 0 Å². The highest BCUT2D eigenvalue weighted by molar-refractivity contribution is 5.82. The lowest BCUT2D eigenvalue weighted by Gasteiger charge is -2.31. The number of carbonyl (C=O) groups excluding carboxylic acids is 1. The maximum atomic E-state index is 12.1. The molecule has 0 unspecified atom stereocenters. The predicted octanol–water partition coefficient (Wildman–Crippen LogP) is 2.77. The normalized spacial score (nSPS) is 20.8. The molecule has 1 aliphatic rings. The fourth-order valence-electron chi connectivity index (χ4n) is 2.23. The van der Waals surface area contributed by atoms with Crippen molar-refractivity contribution in [3.8, 4) is 11.5 Å². The van der Waals surface area contributed by atoms with Gasteiger partial charge in [-0.05, 0) is 37.8 Å². The summed E-state index contributed by atoms with van der Waals surface area (Å²) in [6.07, 6.45) is 1.24. The first-order valence-corrected chi connectivity index (χ1v) is 7.28. The van der Waals surface area contributed by atoms with Gasteiger partial charge in [-0.3, -0.25) is 4.79 Å². The topological polar surface area (TPSA) is 47.6 Å². The second kappa shape index (κ2) is 6.64. The van der Waals surface area contributed by atoms with E-state index in [1.807, 2.05) is 31.2 Å². The van der Waals surface area contributed by atoms with Gasteiger partial charge >= 0.3 is 0 Å². The molecule has 2 rings (SSSR count). The largest absolute Gasteiger partial charge is 0.482 e. The molecule has 2 atom stereocenters. The van der Waals surface area contributed by atoms with Gasteiger partial charge in [-0.25, -0.2) is 0 Å². The number of carbonyl (C=O) groups is 1. The molecule has 1 N–H and O–H groups in total. The van der Waals surface area contributed by atoms with Gasteiger partial charge in [0.2, 0.25) is 6.10 Å². The van der Waals surface area contributed by atoms with Gasteiger partial charge in [0.05, 0.1) is 0 Å².